The van der Waals surface area contributed by atoms with Crippen LogP contribution in [0, 0.1) is 0 Å². The van der Waals surface area contributed by atoms with Gasteiger partial charge < -0.3 is 9.80 Å². The zero-order valence-corrected chi connectivity index (χ0v) is 20.8. The van der Waals surface area contributed by atoms with Gasteiger partial charge in [0.25, 0.3) is 5.91 Å². The van der Waals surface area contributed by atoms with Gasteiger partial charge in [-0.15, -0.1) is 22.9 Å². The Morgan fingerprint density at radius 3 is 2.29 bits per heavy atom. The van der Waals surface area contributed by atoms with Crippen LogP contribution in [-0.4, -0.2) is 59.6 Å². The lowest BCUT2D eigenvalue weighted by atomic mass is 10.1. The van der Waals surface area contributed by atoms with Crippen LogP contribution in [0.25, 0.3) is 0 Å². The molecule has 3 rings (SSSR count). The molecule has 0 saturated carbocycles. The second-order valence-corrected chi connectivity index (χ2v) is 9.48. The number of thiophene rings is 1. The van der Waals surface area contributed by atoms with E-state index >= 15 is 0 Å². The van der Waals surface area contributed by atoms with E-state index in [2.05, 4.69) is 0 Å². The van der Waals surface area contributed by atoms with Crippen molar-refractivity contribution in [3.63, 3.8) is 0 Å². The van der Waals surface area contributed by atoms with Crippen LogP contribution in [-0.2, 0) is 20.6 Å². The zero-order valence-electron chi connectivity index (χ0n) is 19.2. The largest absolute Gasteiger partial charge is 0.416 e. The first-order valence-corrected chi connectivity index (χ1v) is 12.3. The lowest BCUT2D eigenvalue weighted by molar-refractivity contribution is -0.139. The quantitative estimate of drug-likeness (QED) is 0.403. The molecule has 1 fully saturated rings. The number of halogens is 4. The minimum atomic E-state index is -4.62. The van der Waals surface area contributed by atoms with Crippen LogP contribution < -0.4 is 4.90 Å². The Labute approximate surface area is 210 Å². The fraction of sp³-hybridized carbons (Fsp3) is 0.375. The highest BCUT2D eigenvalue weighted by Gasteiger charge is 2.38. The summed E-state index contributed by atoms with van der Waals surface area (Å²) in [7, 11) is 0. The molecule has 1 aromatic heterocycles. The average molecular weight is 528 g/mol. The van der Waals surface area contributed by atoms with E-state index in [9.17, 15) is 27.6 Å². The van der Waals surface area contributed by atoms with Gasteiger partial charge >= 0.3 is 6.18 Å². The first-order chi connectivity index (χ1) is 16.5. The SMILES string of the molecule is CC(C)=CC(=O)N1CCN(C(=O)C(c2cccs2)N(C(=O)CCl)c2cccc(C(F)(F)F)c2)CC1. The van der Waals surface area contributed by atoms with E-state index in [1.54, 1.807) is 22.4 Å². The Kier molecular flexibility index (Phi) is 8.60. The number of anilines is 1. The van der Waals surface area contributed by atoms with Crippen LogP contribution in [0.15, 0.2) is 53.4 Å². The number of amides is 3. The van der Waals surface area contributed by atoms with Gasteiger partial charge in [-0.2, -0.15) is 13.2 Å². The van der Waals surface area contributed by atoms with E-state index in [1.165, 1.54) is 34.4 Å². The maximum absolute atomic E-state index is 13.7. The van der Waals surface area contributed by atoms with Gasteiger partial charge in [0.05, 0.1) is 5.56 Å². The van der Waals surface area contributed by atoms with Gasteiger partial charge in [-0.25, -0.2) is 0 Å². The minimum Gasteiger partial charge on any atom is -0.337 e. The third-order valence-electron chi connectivity index (χ3n) is 5.45. The number of carbonyl (C=O) groups is 3. The first kappa shape index (κ1) is 26.7. The van der Waals surface area contributed by atoms with Crippen molar-refractivity contribution in [2.45, 2.75) is 26.1 Å². The van der Waals surface area contributed by atoms with E-state index in [-0.39, 0.29) is 24.7 Å². The van der Waals surface area contributed by atoms with Gasteiger partial charge in [-0.05, 0) is 43.5 Å². The molecule has 1 saturated heterocycles. The third kappa shape index (κ3) is 6.43. The van der Waals surface area contributed by atoms with Crippen LogP contribution in [0.4, 0.5) is 18.9 Å². The van der Waals surface area contributed by atoms with Crippen LogP contribution >= 0.6 is 22.9 Å². The summed E-state index contributed by atoms with van der Waals surface area (Å²) in [6.45, 7) is 4.71. The van der Waals surface area contributed by atoms with Crippen molar-refractivity contribution in [1.29, 1.82) is 0 Å². The Morgan fingerprint density at radius 1 is 1.09 bits per heavy atom. The molecule has 0 N–H and O–H groups in total. The summed E-state index contributed by atoms with van der Waals surface area (Å²) >= 11 is 7.05. The fourth-order valence-electron chi connectivity index (χ4n) is 3.80. The van der Waals surface area contributed by atoms with Crippen LogP contribution in [0.3, 0.4) is 0 Å². The van der Waals surface area contributed by atoms with Crippen LogP contribution in [0.2, 0.25) is 0 Å². The van der Waals surface area contributed by atoms with E-state index in [0.29, 0.717) is 18.0 Å². The summed E-state index contributed by atoms with van der Waals surface area (Å²) in [5.74, 6) is -1.81. The number of nitrogens with zero attached hydrogens (tertiary/aromatic N) is 3. The third-order valence-corrected chi connectivity index (χ3v) is 6.61. The van der Waals surface area contributed by atoms with Crippen molar-refractivity contribution in [2.75, 3.05) is 37.0 Å². The summed E-state index contributed by atoms with van der Waals surface area (Å²) < 4.78 is 40.1. The van der Waals surface area contributed by atoms with E-state index < -0.39 is 35.5 Å². The van der Waals surface area contributed by atoms with E-state index in [4.69, 9.17) is 11.6 Å². The molecular weight excluding hydrogens is 503 g/mol. The second kappa shape index (κ2) is 11.3. The molecule has 0 spiro atoms. The van der Waals surface area contributed by atoms with Crippen molar-refractivity contribution < 1.29 is 27.6 Å². The highest BCUT2D eigenvalue weighted by Crippen LogP contribution is 2.36. The molecule has 1 aliphatic rings. The molecule has 1 aromatic carbocycles. The van der Waals surface area contributed by atoms with Gasteiger partial charge in [0.2, 0.25) is 11.8 Å². The second-order valence-electron chi connectivity index (χ2n) is 8.24. The average Bonchev–Trinajstić information content (AvgIpc) is 3.35. The van der Waals surface area contributed by atoms with E-state index in [0.717, 1.165) is 22.6 Å². The molecule has 1 aliphatic heterocycles. The van der Waals surface area contributed by atoms with Crippen LogP contribution in [0.5, 0.6) is 0 Å². The lowest BCUT2D eigenvalue weighted by Gasteiger charge is -2.38. The zero-order chi connectivity index (χ0) is 25.8. The molecular formula is C24H25ClF3N3O3S. The number of allylic oxidation sites excluding steroid dienone is 1. The summed E-state index contributed by atoms with van der Waals surface area (Å²) in [5, 5.41) is 1.72. The summed E-state index contributed by atoms with van der Waals surface area (Å²) in [6.07, 6.45) is -3.09. The molecule has 35 heavy (non-hydrogen) atoms. The van der Waals surface area contributed by atoms with Crippen molar-refractivity contribution in [2.24, 2.45) is 0 Å². The molecule has 0 radical (unpaired) electrons. The van der Waals surface area contributed by atoms with Gasteiger partial charge in [0.1, 0.15) is 11.9 Å². The number of alkyl halides is 4. The number of rotatable bonds is 6. The Balaban J connectivity index is 1.95. The number of hydrogen-bond donors (Lipinski definition) is 0. The normalized spacial score (nSPS) is 14.9. The summed E-state index contributed by atoms with van der Waals surface area (Å²) in [5.41, 5.74) is -0.150. The minimum absolute atomic E-state index is 0.0744. The van der Waals surface area contributed by atoms with Gasteiger partial charge in [0.15, 0.2) is 0 Å². The van der Waals surface area contributed by atoms with Gasteiger partial charge in [-0.1, -0.05) is 17.7 Å². The van der Waals surface area contributed by atoms with Crippen molar-refractivity contribution in [3.8, 4) is 0 Å². The molecule has 1 unspecified atom stereocenters. The molecule has 0 bridgehead atoms. The Hall–Kier alpha value is -2.85. The van der Waals surface area contributed by atoms with Gasteiger partial charge in [0, 0.05) is 42.8 Å². The monoisotopic (exact) mass is 527 g/mol. The lowest BCUT2D eigenvalue weighted by Crippen LogP contribution is -2.54. The molecule has 2 aromatic rings. The maximum Gasteiger partial charge on any atom is 0.416 e. The van der Waals surface area contributed by atoms with Crippen molar-refractivity contribution in [3.05, 3.63) is 63.9 Å². The number of carbonyl (C=O) groups excluding carboxylic acids is 3. The Morgan fingerprint density at radius 2 is 1.74 bits per heavy atom. The topological polar surface area (TPSA) is 60.9 Å². The fourth-order valence-corrected chi connectivity index (χ4v) is 4.73. The molecule has 3 amide bonds. The number of piperazine rings is 1. The van der Waals surface area contributed by atoms with E-state index in [1.807, 2.05) is 13.8 Å². The maximum atomic E-state index is 13.7. The Bertz CT molecular complexity index is 1090. The number of hydrogen-bond acceptors (Lipinski definition) is 4. The molecule has 2 heterocycles. The van der Waals surface area contributed by atoms with Gasteiger partial charge in [-0.3, -0.25) is 19.3 Å². The predicted molar refractivity (Wildman–Crippen MR) is 129 cm³/mol. The number of benzene rings is 1. The van der Waals surface area contributed by atoms with Crippen molar-refractivity contribution in [1.82, 2.24) is 9.80 Å². The van der Waals surface area contributed by atoms with Crippen molar-refractivity contribution >= 4 is 46.3 Å². The highest BCUT2D eigenvalue weighted by atomic mass is 35.5. The summed E-state index contributed by atoms with van der Waals surface area (Å²) in [6, 6.07) is 6.45. The standard InChI is InChI=1S/C24H25ClF3N3O3S/c1-16(2)13-20(32)29-8-10-30(11-9-29)23(34)22(19-7-4-12-35-19)31(21(33)15-25)18-6-3-5-17(14-18)24(26,27)28/h3-7,12-14,22H,8-11,15H2,1-2H3. The summed E-state index contributed by atoms with van der Waals surface area (Å²) in [4.78, 5) is 43.7. The molecule has 188 valence electrons. The molecule has 11 heteroatoms. The van der Waals surface area contributed by atoms with Crippen LogP contribution in [0.1, 0.15) is 30.3 Å². The molecule has 6 nitrogen and oxygen atoms in total. The smallest absolute Gasteiger partial charge is 0.337 e. The predicted octanol–water partition coefficient (Wildman–Crippen LogP) is 4.72. The molecule has 0 aliphatic carbocycles. The highest BCUT2D eigenvalue weighted by molar-refractivity contribution is 7.10. The molecule has 1 atom stereocenters. The first-order valence-electron chi connectivity index (χ1n) is 10.8.